The van der Waals surface area contributed by atoms with Gasteiger partial charge in [0, 0.05) is 19.0 Å². The van der Waals surface area contributed by atoms with Gasteiger partial charge in [0.05, 0.1) is 17.7 Å². The van der Waals surface area contributed by atoms with Gasteiger partial charge in [-0.15, -0.1) is 11.6 Å². The molecule has 18 heavy (non-hydrogen) atoms. The van der Waals surface area contributed by atoms with Gasteiger partial charge in [-0.05, 0) is 12.1 Å². The summed E-state index contributed by atoms with van der Waals surface area (Å²) in [5, 5.41) is 0.228. The van der Waals surface area contributed by atoms with E-state index in [1.807, 2.05) is 0 Å². The standard InChI is InChI=1S/C11H13Cl2NO3S/c12-7-9-8-14(5-6-17-9)18(15,16)11-4-2-1-3-10(11)13/h1-4,9H,5-8H2. The third-order valence-electron chi connectivity index (χ3n) is 2.73. The molecular weight excluding hydrogens is 297 g/mol. The lowest BCUT2D eigenvalue weighted by Gasteiger charge is -2.31. The lowest BCUT2D eigenvalue weighted by molar-refractivity contribution is 0.0122. The zero-order valence-corrected chi connectivity index (χ0v) is 11.9. The Morgan fingerprint density at radius 1 is 1.39 bits per heavy atom. The van der Waals surface area contributed by atoms with Gasteiger partial charge < -0.3 is 4.74 Å². The molecule has 1 saturated heterocycles. The molecule has 1 fully saturated rings. The summed E-state index contributed by atoms with van der Waals surface area (Å²) >= 11 is 11.6. The molecule has 1 unspecified atom stereocenters. The van der Waals surface area contributed by atoms with Crippen molar-refractivity contribution in [2.45, 2.75) is 11.0 Å². The molecule has 0 aliphatic carbocycles. The van der Waals surface area contributed by atoms with Crippen molar-refractivity contribution in [1.29, 1.82) is 0 Å². The van der Waals surface area contributed by atoms with Crippen LogP contribution in [0.1, 0.15) is 0 Å². The molecule has 1 aliphatic rings. The van der Waals surface area contributed by atoms with E-state index in [2.05, 4.69) is 0 Å². The second kappa shape index (κ2) is 5.75. The summed E-state index contributed by atoms with van der Waals surface area (Å²) in [6, 6.07) is 6.41. The van der Waals surface area contributed by atoms with Crippen molar-refractivity contribution < 1.29 is 13.2 Å². The van der Waals surface area contributed by atoms with Crippen LogP contribution in [0.25, 0.3) is 0 Å². The minimum absolute atomic E-state index is 0.127. The maximum Gasteiger partial charge on any atom is 0.244 e. The van der Waals surface area contributed by atoms with E-state index in [0.717, 1.165) is 0 Å². The number of hydrogen-bond acceptors (Lipinski definition) is 3. The second-order valence-corrected chi connectivity index (χ2v) is 6.56. The Kier molecular flexibility index (Phi) is 4.50. The third kappa shape index (κ3) is 2.81. The largest absolute Gasteiger partial charge is 0.374 e. The van der Waals surface area contributed by atoms with E-state index in [9.17, 15) is 8.42 Å². The van der Waals surface area contributed by atoms with Gasteiger partial charge in [-0.25, -0.2) is 8.42 Å². The molecule has 1 aromatic rings. The van der Waals surface area contributed by atoms with E-state index >= 15 is 0 Å². The van der Waals surface area contributed by atoms with Crippen molar-refractivity contribution in [1.82, 2.24) is 4.31 Å². The average Bonchev–Trinajstić information content (AvgIpc) is 2.39. The first kappa shape index (κ1) is 14.1. The number of ether oxygens (including phenoxy) is 1. The topological polar surface area (TPSA) is 46.6 Å². The fourth-order valence-electron chi connectivity index (χ4n) is 1.80. The number of alkyl halides is 1. The van der Waals surface area contributed by atoms with Crippen molar-refractivity contribution in [2.75, 3.05) is 25.6 Å². The van der Waals surface area contributed by atoms with Crippen LogP contribution < -0.4 is 0 Å². The SMILES string of the molecule is O=S(=O)(c1ccccc1Cl)N1CCOC(CCl)C1. The fraction of sp³-hybridized carbons (Fsp3) is 0.455. The molecule has 1 aliphatic heterocycles. The molecule has 4 nitrogen and oxygen atoms in total. The lowest BCUT2D eigenvalue weighted by Crippen LogP contribution is -2.46. The average molecular weight is 310 g/mol. The molecule has 0 radical (unpaired) electrons. The maximum absolute atomic E-state index is 12.4. The van der Waals surface area contributed by atoms with Gasteiger partial charge in [0.2, 0.25) is 10.0 Å². The Bertz CT molecular complexity index is 521. The lowest BCUT2D eigenvalue weighted by atomic mass is 10.3. The maximum atomic E-state index is 12.4. The van der Waals surface area contributed by atoms with Crippen LogP contribution in [0, 0.1) is 0 Å². The first-order valence-corrected chi connectivity index (χ1v) is 7.83. The smallest absolute Gasteiger partial charge is 0.244 e. The summed E-state index contributed by atoms with van der Waals surface area (Å²) in [6.45, 7) is 0.930. The van der Waals surface area contributed by atoms with Gasteiger partial charge >= 0.3 is 0 Å². The third-order valence-corrected chi connectivity index (χ3v) is 5.44. The van der Waals surface area contributed by atoms with Crippen LogP contribution in [-0.4, -0.2) is 44.4 Å². The van der Waals surface area contributed by atoms with Crippen LogP contribution in [0.15, 0.2) is 29.2 Å². The molecule has 0 N–H and O–H groups in total. The van der Waals surface area contributed by atoms with Crippen LogP contribution in [0.5, 0.6) is 0 Å². The van der Waals surface area contributed by atoms with E-state index in [-0.39, 0.29) is 28.4 Å². The van der Waals surface area contributed by atoms with E-state index in [1.165, 1.54) is 10.4 Å². The van der Waals surface area contributed by atoms with Crippen LogP contribution in [0.4, 0.5) is 0 Å². The number of morpholine rings is 1. The van der Waals surface area contributed by atoms with Gasteiger partial charge in [0.1, 0.15) is 4.90 Å². The fourth-order valence-corrected chi connectivity index (χ4v) is 3.93. The molecule has 2 rings (SSSR count). The molecule has 0 bridgehead atoms. The number of rotatable bonds is 3. The van der Waals surface area contributed by atoms with Crippen LogP contribution in [-0.2, 0) is 14.8 Å². The van der Waals surface area contributed by atoms with Crippen molar-refractivity contribution in [2.24, 2.45) is 0 Å². The van der Waals surface area contributed by atoms with E-state index in [4.69, 9.17) is 27.9 Å². The van der Waals surface area contributed by atoms with Crippen molar-refractivity contribution in [3.63, 3.8) is 0 Å². The highest BCUT2D eigenvalue weighted by Crippen LogP contribution is 2.25. The summed E-state index contributed by atoms with van der Waals surface area (Å²) in [6.07, 6.45) is -0.266. The Hall–Kier alpha value is -0.330. The minimum atomic E-state index is -3.57. The molecule has 0 aromatic heterocycles. The molecule has 0 saturated carbocycles. The summed E-state index contributed by atoms with van der Waals surface area (Å²) in [4.78, 5) is 0.127. The Labute approximate surface area is 116 Å². The highest BCUT2D eigenvalue weighted by atomic mass is 35.5. The summed E-state index contributed by atoms with van der Waals surface area (Å²) in [5.74, 6) is 0.272. The van der Waals surface area contributed by atoms with Gasteiger partial charge in [-0.1, -0.05) is 23.7 Å². The second-order valence-electron chi connectivity index (χ2n) is 3.94. The predicted molar refractivity (Wildman–Crippen MR) is 70.7 cm³/mol. The highest BCUT2D eigenvalue weighted by molar-refractivity contribution is 7.89. The minimum Gasteiger partial charge on any atom is -0.374 e. The first-order valence-electron chi connectivity index (χ1n) is 5.48. The Morgan fingerprint density at radius 2 is 2.11 bits per heavy atom. The molecule has 1 atom stereocenters. The Morgan fingerprint density at radius 3 is 2.78 bits per heavy atom. The molecule has 1 heterocycles. The number of sulfonamides is 1. The van der Waals surface area contributed by atoms with Gasteiger partial charge in [0.15, 0.2) is 0 Å². The van der Waals surface area contributed by atoms with Gasteiger partial charge in [-0.2, -0.15) is 4.31 Å². The van der Waals surface area contributed by atoms with Crippen LogP contribution >= 0.6 is 23.2 Å². The molecule has 1 aromatic carbocycles. The number of halogens is 2. The zero-order chi connectivity index (χ0) is 13.2. The quantitative estimate of drug-likeness (QED) is 0.802. The summed E-state index contributed by atoms with van der Waals surface area (Å²) < 4.78 is 31.5. The van der Waals surface area contributed by atoms with Crippen LogP contribution in [0.2, 0.25) is 5.02 Å². The van der Waals surface area contributed by atoms with Gasteiger partial charge in [0.25, 0.3) is 0 Å². The molecule has 0 spiro atoms. The number of nitrogens with zero attached hydrogens (tertiary/aromatic N) is 1. The number of benzene rings is 1. The van der Waals surface area contributed by atoms with Crippen LogP contribution in [0.3, 0.4) is 0 Å². The van der Waals surface area contributed by atoms with E-state index in [1.54, 1.807) is 18.2 Å². The molecule has 100 valence electrons. The van der Waals surface area contributed by atoms with Crippen molar-refractivity contribution in [3.8, 4) is 0 Å². The summed E-state index contributed by atoms with van der Waals surface area (Å²) in [7, 11) is -3.57. The zero-order valence-electron chi connectivity index (χ0n) is 9.55. The monoisotopic (exact) mass is 309 g/mol. The predicted octanol–water partition coefficient (Wildman–Crippen LogP) is 1.97. The Balaban J connectivity index is 2.29. The normalized spacial score (nSPS) is 22.0. The van der Waals surface area contributed by atoms with E-state index in [0.29, 0.717) is 13.2 Å². The molecule has 7 heteroatoms. The van der Waals surface area contributed by atoms with Gasteiger partial charge in [-0.3, -0.25) is 0 Å². The van der Waals surface area contributed by atoms with Crippen molar-refractivity contribution >= 4 is 33.2 Å². The summed E-state index contributed by atoms with van der Waals surface area (Å²) in [5.41, 5.74) is 0. The number of hydrogen-bond donors (Lipinski definition) is 0. The molecule has 0 amide bonds. The highest BCUT2D eigenvalue weighted by Gasteiger charge is 2.31. The first-order chi connectivity index (χ1) is 8.55. The van der Waals surface area contributed by atoms with E-state index < -0.39 is 10.0 Å². The molecular formula is C11H13Cl2NO3S. The van der Waals surface area contributed by atoms with Crippen molar-refractivity contribution in [3.05, 3.63) is 29.3 Å².